The molecule has 0 aromatic carbocycles. The molecule has 0 saturated carbocycles. The third-order valence-electron chi connectivity index (χ3n) is 2.10. The van der Waals surface area contributed by atoms with Crippen LogP contribution in [0, 0.1) is 5.92 Å². The Kier molecular flexibility index (Phi) is 9.18. The Morgan fingerprint density at radius 2 is 1.88 bits per heavy atom. The van der Waals surface area contributed by atoms with Crippen molar-refractivity contribution in [3.8, 4) is 0 Å². The highest BCUT2D eigenvalue weighted by Gasteiger charge is 2.18. The van der Waals surface area contributed by atoms with Crippen molar-refractivity contribution in [2.45, 2.75) is 26.3 Å². The van der Waals surface area contributed by atoms with Crippen LogP contribution in [-0.2, 0) is 19.0 Å². The quantitative estimate of drug-likeness (QED) is 0.465. The van der Waals surface area contributed by atoms with Crippen LogP contribution in [0.2, 0.25) is 0 Å². The number of nitrogens with two attached hydrogens (primary N) is 1. The molecule has 1 atom stereocenters. The molecular formula is C11H23NO4. The van der Waals surface area contributed by atoms with E-state index >= 15 is 0 Å². The Morgan fingerprint density at radius 1 is 1.19 bits per heavy atom. The third-order valence-corrected chi connectivity index (χ3v) is 2.10. The van der Waals surface area contributed by atoms with E-state index in [9.17, 15) is 4.79 Å². The van der Waals surface area contributed by atoms with Gasteiger partial charge in [-0.15, -0.1) is 0 Å². The zero-order valence-corrected chi connectivity index (χ0v) is 10.4. The van der Waals surface area contributed by atoms with Gasteiger partial charge in [0.1, 0.15) is 6.04 Å². The van der Waals surface area contributed by atoms with Crippen LogP contribution in [0.4, 0.5) is 0 Å². The third kappa shape index (κ3) is 7.62. The van der Waals surface area contributed by atoms with Gasteiger partial charge in [-0.1, -0.05) is 13.8 Å². The number of carbonyl (C=O) groups excluding carboxylic acids is 1. The number of hydrogen-bond acceptors (Lipinski definition) is 5. The first-order valence-electron chi connectivity index (χ1n) is 5.58. The Labute approximate surface area is 97.2 Å². The van der Waals surface area contributed by atoms with Crippen molar-refractivity contribution in [3.05, 3.63) is 0 Å². The molecule has 0 rings (SSSR count). The van der Waals surface area contributed by atoms with Gasteiger partial charge in [0.05, 0.1) is 19.8 Å². The number of ether oxygens (including phenoxy) is 3. The average Bonchev–Trinajstić information content (AvgIpc) is 2.26. The summed E-state index contributed by atoms with van der Waals surface area (Å²) in [5, 5.41) is 0. The van der Waals surface area contributed by atoms with Crippen molar-refractivity contribution < 1.29 is 19.0 Å². The second-order valence-electron chi connectivity index (χ2n) is 3.90. The fourth-order valence-corrected chi connectivity index (χ4v) is 0.946. The van der Waals surface area contributed by atoms with Crippen molar-refractivity contribution in [2.24, 2.45) is 11.7 Å². The minimum atomic E-state index is -0.533. The highest BCUT2D eigenvalue weighted by molar-refractivity contribution is 5.75. The summed E-state index contributed by atoms with van der Waals surface area (Å²) in [6, 6.07) is -0.533. The molecule has 0 aliphatic carbocycles. The molecule has 0 aromatic heterocycles. The molecular weight excluding hydrogens is 210 g/mol. The molecule has 0 radical (unpaired) electrons. The normalized spacial score (nSPS) is 12.8. The standard InChI is InChI=1S/C11H23NO4/c1-9(2)10(12)11(13)16-6-4-5-15-8-7-14-3/h9-10H,4-8,12H2,1-3H3. The minimum absolute atomic E-state index is 0.102. The smallest absolute Gasteiger partial charge is 0.323 e. The first-order chi connectivity index (χ1) is 7.59. The van der Waals surface area contributed by atoms with Crippen molar-refractivity contribution >= 4 is 5.97 Å². The zero-order valence-electron chi connectivity index (χ0n) is 10.4. The van der Waals surface area contributed by atoms with Gasteiger partial charge in [0.15, 0.2) is 0 Å². The summed E-state index contributed by atoms with van der Waals surface area (Å²) in [6.07, 6.45) is 0.681. The van der Waals surface area contributed by atoms with Gasteiger partial charge in [-0.25, -0.2) is 0 Å². The fraction of sp³-hybridized carbons (Fsp3) is 0.909. The number of carbonyl (C=O) groups is 1. The van der Waals surface area contributed by atoms with Crippen LogP contribution < -0.4 is 5.73 Å². The maximum atomic E-state index is 11.3. The lowest BCUT2D eigenvalue weighted by Gasteiger charge is -2.14. The summed E-state index contributed by atoms with van der Waals surface area (Å²) < 4.78 is 15.0. The maximum absolute atomic E-state index is 11.3. The summed E-state index contributed by atoms with van der Waals surface area (Å²) in [6.45, 7) is 5.84. The van der Waals surface area contributed by atoms with E-state index in [1.807, 2.05) is 13.8 Å². The van der Waals surface area contributed by atoms with Crippen molar-refractivity contribution in [1.29, 1.82) is 0 Å². The van der Waals surface area contributed by atoms with E-state index in [1.165, 1.54) is 0 Å². The molecule has 5 heteroatoms. The Bertz CT molecular complexity index is 185. The van der Waals surface area contributed by atoms with Crippen LogP contribution in [0.25, 0.3) is 0 Å². The molecule has 0 aliphatic heterocycles. The number of hydrogen-bond donors (Lipinski definition) is 1. The highest BCUT2D eigenvalue weighted by atomic mass is 16.5. The molecule has 0 saturated heterocycles. The van der Waals surface area contributed by atoms with Crippen LogP contribution in [0.5, 0.6) is 0 Å². The summed E-state index contributed by atoms with van der Waals surface area (Å²) in [7, 11) is 1.62. The van der Waals surface area contributed by atoms with Gasteiger partial charge in [-0.05, 0) is 5.92 Å². The average molecular weight is 233 g/mol. The molecule has 0 heterocycles. The SMILES string of the molecule is COCCOCCCOC(=O)C(N)C(C)C. The van der Waals surface area contributed by atoms with Gasteiger partial charge >= 0.3 is 5.97 Å². The zero-order chi connectivity index (χ0) is 12.4. The van der Waals surface area contributed by atoms with E-state index in [2.05, 4.69) is 0 Å². The van der Waals surface area contributed by atoms with Gasteiger partial charge < -0.3 is 19.9 Å². The molecule has 96 valence electrons. The van der Waals surface area contributed by atoms with Gasteiger partial charge in [-0.2, -0.15) is 0 Å². The van der Waals surface area contributed by atoms with E-state index in [1.54, 1.807) is 7.11 Å². The first kappa shape index (κ1) is 15.3. The Morgan fingerprint density at radius 3 is 2.44 bits per heavy atom. The van der Waals surface area contributed by atoms with Crippen molar-refractivity contribution in [3.63, 3.8) is 0 Å². The van der Waals surface area contributed by atoms with Gasteiger partial charge in [0, 0.05) is 20.1 Å². The lowest BCUT2D eigenvalue weighted by Crippen LogP contribution is -2.37. The fourth-order valence-electron chi connectivity index (χ4n) is 0.946. The molecule has 0 aromatic rings. The number of rotatable bonds is 9. The molecule has 16 heavy (non-hydrogen) atoms. The second-order valence-corrected chi connectivity index (χ2v) is 3.90. The van der Waals surface area contributed by atoms with Crippen LogP contribution in [0.1, 0.15) is 20.3 Å². The van der Waals surface area contributed by atoms with Gasteiger partial charge in [0.2, 0.25) is 0 Å². The molecule has 0 fully saturated rings. The summed E-state index contributed by atoms with van der Waals surface area (Å²) in [5.74, 6) is -0.239. The predicted octanol–water partition coefficient (Wildman–Crippen LogP) is 0.566. The summed E-state index contributed by atoms with van der Waals surface area (Å²) in [4.78, 5) is 11.3. The van der Waals surface area contributed by atoms with Gasteiger partial charge in [0.25, 0.3) is 0 Å². The predicted molar refractivity (Wildman–Crippen MR) is 61.1 cm³/mol. The Balaban J connectivity index is 3.34. The van der Waals surface area contributed by atoms with Crippen molar-refractivity contribution in [2.75, 3.05) is 33.5 Å². The topological polar surface area (TPSA) is 70.8 Å². The lowest BCUT2D eigenvalue weighted by atomic mass is 10.1. The second kappa shape index (κ2) is 9.57. The molecule has 0 bridgehead atoms. The monoisotopic (exact) mass is 233 g/mol. The largest absolute Gasteiger partial charge is 0.464 e. The molecule has 1 unspecified atom stereocenters. The van der Waals surface area contributed by atoms with E-state index < -0.39 is 6.04 Å². The van der Waals surface area contributed by atoms with E-state index in [0.29, 0.717) is 32.8 Å². The van der Waals surface area contributed by atoms with E-state index in [0.717, 1.165) is 0 Å². The minimum Gasteiger partial charge on any atom is -0.464 e. The Hall–Kier alpha value is -0.650. The number of esters is 1. The van der Waals surface area contributed by atoms with Crippen LogP contribution in [0.15, 0.2) is 0 Å². The molecule has 0 amide bonds. The van der Waals surface area contributed by atoms with Crippen molar-refractivity contribution in [1.82, 2.24) is 0 Å². The summed E-state index contributed by atoms with van der Waals surface area (Å²) >= 11 is 0. The summed E-state index contributed by atoms with van der Waals surface area (Å²) in [5.41, 5.74) is 5.62. The first-order valence-corrected chi connectivity index (χ1v) is 5.58. The highest BCUT2D eigenvalue weighted by Crippen LogP contribution is 2.00. The molecule has 0 aliphatic rings. The molecule has 5 nitrogen and oxygen atoms in total. The van der Waals surface area contributed by atoms with Crippen LogP contribution in [0.3, 0.4) is 0 Å². The maximum Gasteiger partial charge on any atom is 0.323 e. The number of methoxy groups -OCH3 is 1. The molecule has 0 spiro atoms. The van der Waals surface area contributed by atoms with E-state index in [-0.39, 0.29) is 11.9 Å². The lowest BCUT2D eigenvalue weighted by molar-refractivity contribution is -0.146. The van der Waals surface area contributed by atoms with Crippen LogP contribution in [-0.4, -0.2) is 45.5 Å². The van der Waals surface area contributed by atoms with Crippen LogP contribution >= 0.6 is 0 Å². The molecule has 2 N–H and O–H groups in total. The van der Waals surface area contributed by atoms with E-state index in [4.69, 9.17) is 19.9 Å². The van der Waals surface area contributed by atoms with Gasteiger partial charge in [-0.3, -0.25) is 4.79 Å².